The summed E-state index contributed by atoms with van der Waals surface area (Å²) in [4.78, 5) is 24.3. The average Bonchev–Trinajstić information content (AvgIpc) is 3.10. The van der Waals surface area contributed by atoms with Crippen molar-refractivity contribution in [3.63, 3.8) is 0 Å². The van der Waals surface area contributed by atoms with Crippen LogP contribution in [-0.2, 0) is 0 Å². The van der Waals surface area contributed by atoms with E-state index in [0.29, 0.717) is 5.65 Å². The molecule has 10 heteroatoms. The lowest BCUT2D eigenvalue weighted by Crippen LogP contribution is -2.16. The topological polar surface area (TPSA) is 85.1 Å². The van der Waals surface area contributed by atoms with Crippen LogP contribution in [0.2, 0.25) is 0 Å². The van der Waals surface area contributed by atoms with Crippen LogP contribution in [0.1, 0.15) is 10.5 Å². The molecule has 0 aliphatic heterocycles. The summed E-state index contributed by atoms with van der Waals surface area (Å²) < 4.78 is 41.9. The summed E-state index contributed by atoms with van der Waals surface area (Å²) in [6, 6.07) is 4.73. The van der Waals surface area contributed by atoms with Crippen molar-refractivity contribution in [2.24, 2.45) is 0 Å². The zero-order chi connectivity index (χ0) is 19.0. The molecule has 0 spiro atoms. The summed E-state index contributed by atoms with van der Waals surface area (Å²) >= 11 is 0. The van der Waals surface area contributed by atoms with Crippen LogP contribution in [0.3, 0.4) is 0 Å². The second kappa shape index (κ2) is 6.48. The molecule has 4 aromatic rings. The van der Waals surface area contributed by atoms with Gasteiger partial charge >= 0.3 is 0 Å². The molecule has 0 unspecified atom stereocenters. The maximum absolute atomic E-state index is 14.0. The molecule has 1 aromatic carbocycles. The maximum atomic E-state index is 14.0. The Hall–Kier alpha value is -3.82. The molecule has 27 heavy (non-hydrogen) atoms. The first-order valence-electron chi connectivity index (χ1n) is 7.60. The van der Waals surface area contributed by atoms with Crippen molar-refractivity contribution in [1.82, 2.24) is 24.6 Å². The van der Waals surface area contributed by atoms with Crippen molar-refractivity contribution >= 4 is 17.4 Å². The van der Waals surface area contributed by atoms with Gasteiger partial charge in [-0.3, -0.25) is 9.78 Å². The van der Waals surface area contributed by atoms with Gasteiger partial charge in [0.1, 0.15) is 0 Å². The Balaban J connectivity index is 1.76. The van der Waals surface area contributed by atoms with Gasteiger partial charge in [-0.05, 0) is 24.3 Å². The lowest BCUT2D eigenvalue weighted by atomic mass is 10.1. The van der Waals surface area contributed by atoms with E-state index in [0.717, 1.165) is 12.1 Å². The van der Waals surface area contributed by atoms with Gasteiger partial charge in [-0.2, -0.15) is 5.10 Å². The van der Waals surface area contributed by atoms with Crippen LogP contribution in [0.25, 0.3) is 16.9 Å². The largest absolute Gasteiger partial charge is 0.304 e. The third-order valence-corrected chi connectivity index (χ3v) is 3.71. The van der Waals surface area contributed by atoms with Gasteiger partial charge in [0.25, 0.3) is 5.91 Å². The number of carbonyl (C=O) groups is 1. The van der Waals surface area contributed by atoms with Gasteiger partial charge in [0.2, 0.25) is 0 Å². The van der Waals surface area contributed by atoms with E-state index in [2.05, 4.69) is 25.4 Å². The van der Waals surface area contributed by atoms with Crippen LogP contribution in [0.5, 0.6) is 0 Å². The Morgan fingerprint density at radius 2 is 1.81 bits per heavy atom. The number of anilines is 1. The van der Waals surface area contributed by atoms with Gasteiger partial charge in [-0.1, -0.05) is 0 Å². The van der Waals surface area contributed by atoms with E-state index in [4.69, 9.17) is 0 Å². The molecule has 0 fully saturated rings. The highest BCUT2D eigenvalue weighted by molar-refractivity contribution is 6.02. The van der Waals surface area contributed by atoms with Crippen molar-refractivity contribution in [2.75, 3.05) is 5.32 Å². The Bertz CT molecular complexity index is 1160. The van der Waals surface area contributed by atoms with Gasteiger partial charge in [0, 0.05) is 18.0 Å². The number of benzene rings is 1. The number of rotatable bonds is 3. The molecule has 7 nitrogen and oxygen atoms in total. The maximum Gasteiger partial charge on any atom is 0.277 e. The molecule has 0 bridgehead atoms. The van der Waals surface area contributed by atoms with Gasteiger partial charge in [0.05, 0.1) is 18.1 Å². The second-order valence-electron chi connectivity index (χ2n) is 5.40. The van der Waals surface area contributed by atoms with Crippen molar-refractivity contribution < 1.29 is 18.0 Å². The quantitative estimate of drug-likeness (QED) is 0.561. The summed E-state index contributed by atoms with van der Waals surface area (Å²) in [6.45, 7) is 0. The molecule has 1 amide bonds. The molecule has 0 aliphatic carbocycles. The number of fused-ring (bicyclic) bond motifs is 1. The summed E-state index contributed by atoms with van der Waals surface area (Å²) in [7, 11) is 0. The molecular weight excluding hydrogens is 361 g/mol. The predicted molar refractivity (Wildman–Crippen MR) is 88.3 cm³/mol. The van der Waals surface area contributed by atoms with Crippen LogP contribution in [0, 0.1) is 17.5 Å². The molecular formula is C17H9F3N6O. The molecule has 0 atom stereocenters. The van der Waals surface area contributed by atoms with Crippen LogP contribution < -0.4 is 5.32 Å². The highest BCUT2D eigenvalue weighted by Crippen LogP contribution is 2.24. The number of hydrogen-bond donors (Lipinski definition) is 1. The monoisotopic (exact) mass is 370 g/mol. The normalized spacial score (nSPS) is 10.9. The molecule has 0 saturated carbocycles. The van der Waals surface area contributed by atoms with Gasteiger partial charge in [0.15, 0.2) is 34.6 Å². The number of imidazole rings is 1. The highest BCUT2D eigenvalue weighted by Gasteiger charge is 2.18. The van der Waals surface area contributed by atoms with E-state index in [1.165, 1.54) is 41.4 Å². The number of halogens is 3. The van der Waals surface area contributed by atoms with Gasteiger partial charge in [-0.25, -0.2) is 27.7 Å². The highest BCUT2D eigenvalue weighted by atomic mass is 19.2. The number of carbonyl (C=O) groups excluding carboxylic acids is 1. The Kier molecular flexibility index (Phi) is 3.99. The fourth-order valence-corrected chi connectivity index (χ4v) is 2.44. The third-order valence-electron chi connectivity index (χ3n) is 3.71. The number of nitrogens with one attached hydrogen (secondary N) is 1. The van der Waals surface area contributed by atoms with Crippen LogP contribution in [0.15, 0.2) is 49.1 Å². The van der Waals surface area contributed by atoms with Crippen molar-refractivity contribution in [3.05, 3.63) is 72.2 Å². The Morgan fingerprint density at radius 3 is 2.59 bits per heavy atom. The Morgan fingerprint density at radius 1 is 0.963 bits per heavy atom. The van der Waals surface area contributed by atoms with Crippen LogP contribution >= 0.6 is 0 Å². The minimum absolute atomic E-state index is 0.00505. The van der Waals surface area contributed by atoms with E-state index in [-0.39, 0.29) is 22.8 Å². The Labute approximate surface area is 149 Å². The number of nitrogens with zero attached hydrogens (tertiary/aromatic N) is 5. The zero-order valence-electron chi connectivity index (χ0n) is 13.4. The van der Waals surface area contributed by atoms with E-state index < -0.39 is 23.4 Å². The van der Waals surface area contributed by atoms with E-state index in [1.54, 1.807) is 0 Å². The lowest BCUT2D eigenvalue weighted by molar-refractivity contribution is 0.102. The lowest BCUT2D eigenvalue weighted by Gasteiger charge is -2.06. The number of aromatic nitrogens is 5. The SMILES string of the molecule is O=C(Nc1cnccn1)c1cnc2ccc(-c3ccc(F)c(F)c3F)nn12. The average molecular weight is 370 g/mol. The first kappa shape index (κ1) is 16.6. The summed E-state index contributed by atoms with van der Waals surface area (Å²) in [5.74, 6) is -4.61. The second-order valence-corrected chi connectivity index (χ2v) is 5.40. The van der Waals surface area contributed by atoms with Gasteiger partial charge < -0.3 is 5.32 Å². The molecule has 134 valence electrons. The standard InChI is InChI=1S/C17H9F3N6O/c18-10-2-1-9(15(19)16(10)20)11-3-4-14-23-7-12(26(14)25-11)17(27)24-13-8-21-5-6-22-13/h1-8H,(H,22,24,27). The van der Waals surface area contributed by atoms with Crippen molar-refractivity contribution in [2.45, 2.75) is 0 Å². The first-order chi connectivity index (χ1) is 13.0. The van der Waals surface area contributed by atoms with Crippen molar-refractivity contribution in [3.8, 4) is 11.3 Å². The number of hydrogen-bond acceptors (Lipinski definition) is 5. The van der Waals surface area contributed by atoms with Crippen LogP contribution in [-0.4, -0.2) is 30.5 Å². The fraction of sp³-hybridized carbons (Fsp3) is 0. The third kappa shape index (κ3) is 2.97. The molecule has 4 rings (SSSR count). The molecule has 3 aromatic heterocycles. The molecule has 1 N–H and O–H groups in total. The first-order valence-corrected chi connectivity index (χ1v) is 7.60. The van der Waals surface area contributed by atoms with Crippen LogP contribution in [0.4, 0.5) is 19.0 Å². The van der Waals surface area contributed by atoms with E-state index >= 15 is 0 Å². The molecule has 0 aliphatic rings. The molecule has 0 radical (unpaired) electrons. The van der Waals surface area contributed by atoms with E-state index in [1.807, 2.05) is 0 Å². The van der Waals surface area contributed by atoms with Gasteiger partial charge in [-0.15, -0.1) is 0 Å². The molecule has 3 heterocycles. The predicted octanol–water partition coefficient (Wildman–Crippen LogP) is 2.86. The minimum atomic E-state index is -1.60. The fourth-order valence-electron chi connectivity index (χ4n) is 2.44. The van der Waals surface area contributed by atoms with E-state index in [9.17, 15) is 18.0 Å². The summed E-state index contributed by atoms with van der Waals surface area (Å²) in [5.41, 5.74) is 0.113. The van der Waals surface area contributed by atoms with Crippen molar-refractivity contribution in [1.29, 1.82) is 0 Å². The molecule has 0 saturated heterocycles. The summed E-state index contributed by atoms with van der Waals surface area (Å²) in [5, 5.41) is 6.65. The smallest absolute Gasteiger partial charge is 0.277 e. The minimum Gasteiger partial charge on any atom is -0.304 e. The summed E-state index contributed by atoms with van der Waals surface area (Å²) in [6.07, 6.45) is 5.50. The number of amides is 1. The zero-order valence-corrected chi connectivity index (χ0v) is 13.4.